The van der Waals surface area contributed by atoms with Crippen LogP contribution in [0, 0.1) is 5.92 Å². The molecular weight excluding hydrogens is 500 g/mol. The molecule has 0 aliphatic rings. The normalized spacial score (nSPS) is 12.3. The van der Waals surface area contributed by atoms with Gasteiger partial charge in [0.1, 0.15) is 25.3 Å². The monoisotopic (exact) mass is 534 g/mol. The first-order valence-corrected chi connectivity index (χ1v) is 13.7. The molecule has 0 aliphatic carbocycles. The van der Waals surface area contributed by atoms with Crippen molar-refractivity contribution >= 4 is 29.7 Å². The molecule has 3 aromatic carbocycles. The average molecular weight is 535 g/mol. The molecule has 2 N–H and O–H groups in total. The number of alkyl carbamates (subject to hydrolysis) is 1. The van der Waals surface area contributed by atoms with Gasteiger partial charge in [0.05, 0.1) is 0 Å². The Morgan fingerprint density at radius 2 is 1.21 bits per heavy atom. The van der Waals surface area contributed by atoms with Crippen molar-refractivity contribution in [3.63, 3.8) is 0 Å². The number of hydrogen-bond acceptors (Lipinski definition) is 6. The van der Waals surface area contributed by atoms with E-state index in [2.05, 4.69) is 10.6 Å². The van der Waals surface area contributed by atoms with Gasteiger partial charge in [-0.3, -0.25) is 4.79 Å². The predicted molar refractivity (Wildman–Crippen MR) is 149 cm³/mol. The minimum absolute atomic E-state index is 0.0819. The number of rotatable bonds is 13. The van der Waals surface area contributed by atoms with Crippen molar-refractivity contribution in [1.82, 2.24) is 10.6 Å². The van der Waals surface area contributed by atoms with Crippen molar-refractivity contribution in [3.05, 3.63) is 108 Å². The second-order valence-corrected chi connectivity index (χ2v) is 10.1. The third-order valence-corrected chi connectivity index (χ3v) is 6.77. The summed E-state index contributed by atoms with van der Waals surface area (Å²) in [6, 6.07) is 26.7. The Balaban J connectivity index is 1.61. The van der Waals surface area contributed by atoms with Gasteiger partial charge >= 0.3 is 12.1 Å². The van der Waals surface area contributed by atoms with Crippen molar-refractivity contribution in [2.24, 2.45) is 5.92 Å². The van der Waals surface area contributed by atoms with Crippen molar-refractivity contribution < 1.29 is 23.9 Å². The number of amides is 2. The molecule has 8 heteroatoms. The highest BCUT2D eigenvalue weighted by Crippen LogP contribution is 2.14. The van der Waals surface area contributed by atoms with E-state index in [0.29, 0.717) is 11.5 Å². The summed E-state index contributed by atoms with van der Waals surface area (Å²) >= 11 is 1.50. The zero-order chi connectivity index (χ0) is 27.2. The third kappa shape index (κ3) is 9.94. The van der Waals surface area contributed by atoms with E-state index >= 15 is 0 Å². The Kier molecular flexibility index (Phi) is 11.7. The third-order valence-electron chi connectivity index (χ3n) is 5.66. The maximum atomic E-state index is 13.3. The van der Waals surface area contributed by atoms with Gasteiger partial charge in [-0.15, -0.1) is 0 Å². The average Bonchev–Trinajstić information content (AvgIpc) is 2.94. The summed E-state index contributed by atoms with van der Waals surface area (Å²) in [4.78, 5) is 38.7. The fraction of sp³-hybridized carbons (Fsp3) is 0.300. The van der Waals surface area contributed by atoms with Gasteiger partial charge in [-0.2, -0.15) is 11.8 Å². The fourth-order valence-electron chi connectivity index (χ4n) is 3.53. The second kappa shape index (κ2) is 15.5. The van der Waals surface area contributed by atoms with Gasteiger partial charge in [0, 0.05) is 11.5 Å². The summed E-state index contributed by atoms with van der Waals surface area (Å²) < 4.78 is 10.8. The molecule has 0 aliphatic heterocycles. The zero-order valence-electron chi connectivity index (χ0n) is 21.7. The van der Waals surface area contributed by atoms with Gasteiger partial charge in [0.25, 0.3) is 0 Å². The number of carbonyl (C=O) groups excluding carboxylic acids is 3. The summed E-state index contributed by atoms with van der Waals surface area (Å²) in [6.07, 6.45) is -0.706. The highest BCUT2D eigenvalue weighted by Gasteiger charge is 2.30. The molecule has 0 heterocycles. The van der Waals surface area contributed by atoms with Crippen molar-refractivity contribution in [2.75, 3.05) is 5.75 Å². The molecule has 3 rings (SSSR count). The summed E-state index contributed by atoms with van der Waals surface area (Å²) in [7, 11) is 0. The predicted octanol–water partition coefficient (Wildman–Crippen LogP) is 5.10. The number of carbonyl (C=O) groups is 3. The highest BCUT2D eigenvalue weighted by molar-refractivity contribution is 7.98. The van der Waals surface area contributed by atoms with Crippen LogP contribution in [0.4, 0.5) is 4.79 Å². The largest absolute Gasteiger partial charge is 0.459 e. The Labute approximate surface area is 228 Å². The van der Waals surface area contributed by atoms with Crippen LogP contribution in [0.5, 0.6) is 0 Å². The molecule has 0 aromatic heterocycles. The van der Waals surface area contributed by atoms with Gasteiger partial charge < -0.3 is 20.1 Å². The Morgan fingerprint density at radius 1 is 0.711 bits per heavy atom. The van der Waals surface area contributed by atoms with Crippen LogP contribution in [-0.4, -0.2) is 35.8 Å². The Morgan fingerprint density at radius 3 is 1.74 bits per heavy atom. The Bertz CT molecular complexity index is 1140. The Hall–Kier alpha value is -3.78. The molecule has 38 heavy (non-hydrogen) atoms. The van der Waals surface area contributed by atoms with Gasteiger partial charge in [0.15, 0.2) is 0 Å². The lowest BCUT2D eigenvalue weighted by Gasteiger charge is -2.24. The van der Waals surface area contributed by atoms with E-state index < -0.39 is 30.1 Å². The lowest BCUT2D eigenvalue weighted by molar-refractivity contribution is -0.150. The number of benzene rings is 3. The van der Waals surface area contributed by atoms with Crippen molar-refractivity contribution in [1.29, 1.82) is 0 Å². The van der Waals surface area contributed by atoms with Crippen LogP contribution < -0.4 is 10.6 Å². The molecule has 3 aromatic rings. The van der Waals surface area contributed by atoms with Crippen molar-refractivity contribution in [3.8, 4) is 0 Å². The fourth-order valence-corrected chi connectivity index (χ4v) is 4.55. The maximum Gasteiger partial charge on any atom is 0.408 e. The quantitative estimate of drug-likeness (QED) is 0.297. The van der Waals surface area contributed by atoms with Gasteiger partial charge in [-0.1, -0.05) is 105 Å². The summed E-state index contributed by atoms with van der Waals surface area (Å²) in [5.41, 5.74) is 2.80. The maximum absolute atomic E-state index is 13.3. The van der Waals surface area contributed by atoms with E-state index in [9.17, 15) is 14.4 Å². The highest BCUT2D eigenvalue weighted by atomic mass is 32.2. The van der Waals surface area contributed by atoms with E-state index in [1.165, 1.54) is 11.8 Å². The van der Waals surface area contributed by atoms with Crippen LogP contribution >= 0.6 is 11.8 Å². The molecular formula is C30H34N2O5S. The number of esters is 1. The molecule has 2 amide bonds. The van der Waals surface area contributed by atoms with Crippen molar-refractivity contribution in [2.45, 2.75) is 44.9 Å². The van der Waals surface area contributed by atoms with Crippen LogP contribution in [-0.2, 0) is 38.0 Å². The zero-order valence-corrected chi connectivity index (χ0v) is 22.5. The molecule has 200 valence electrons. The first-order valence-electron chi connectivity index (χ1n) is 12.5. The molecule has 0 radical (unpaired) electrons. The van der Waals surface area contributed by atoms with Crippen LogP contribution in [0.15, 0.2) is 91.0 Å². The number of ether oxygens (including phenoxy) is 2. The number of nitrogens with one attached hydrogen (secondary N) is 2. The van der Waals surface area contributed by atoms with Crippen LogP contribution in [0.1, 0.15) is 30.5 Å². The summed E-state index contributed by atoms with van der Waals surface area (Å²) in [5.74, 6) is -0.259. The molecule has 2 atom stereocenters. The summed E-state index contributed by atoms with van der Waals surface area (Å²) in [6.45, 7) is 3.85. The van der Waals surface area contributed by atoms with Crippen LogP contribution in [0.2, 0.25) is 0 Å². The van der Waals surface area contributed by atoms with Crippen LogP contribution in [0.25, 0.3) is 0 Å². The van der Waals surface area contributed by atoms with E-state index in [0.717, 1.165) is 16.7 Å². The van der Waals surface area contributed by atoms with Gasteiger partial charge in [0.2, 0.25) is 5.91 Å². The van der Waals surface area contributed by atoms with Gasteiger partial charge in [-0.25, -0.2) is 9.59 Å². The second-order valence-electron chi connectivity index (χ2n) is 9.08. The van der Waals surface area contributed by atoms with E-state index in [-0.39, 0.29) is 19.1 Å². The smallest absolute Gasteiger partial charge is 0.408 e. The molecule has 0 fully saturated rings. The van der Waals surface area contributed by atoms with E-state index in [4.69, 9.17) is 9.47 Å². The lowest BCUT2D eigenvalue weighted by atomic mass is 10.0. The molecule has 0 unspecified atom stereocenters. The molecule has 0 spiro atoms. The molecule has 0 saturated carbocycles. The van der Waals surface area contributed by atoms with E-state index in [1.807, 2.05) is 105 Å². The lowest BCUT2D eigenvalue weighted by Crippen LogP contribution is -2.54. The first-order chi connectivity index (χ1) is 18.4. The van der Waals surface area contributed by atoms with Gasteiger partial charge in [-0.05, 0) is 22.6 Å². The minimum atomic E-state index is -0.907. The number of thioether (sulfide) groups is 1. The topological polar surface area (TPSA) is 93.7 Å². The SMILES string of the molecule is CC(C)[C@H](NC(=O)[C@@H](CSCc1ccccc1)NC(=O)OCc1ccccc1)C(=O)OCc1ccccc1. The van der Waals surface area contributed by atoms with E-state index in [1.54, 1.807) is 0 Å². The standard InChI is InChI=1S/C30H34N2O5S/c1-22(2)27(29(34)36-18-23-12-6-3-7-13-23)32-28(33)26(21-38-20-25-16-10-5-11-17-25)31-30(35)37-19-24-14-8-4-9-15-24/h3-17,22,26-27H,18-21H2,1-2H3,(H,31,35)(H,32,33)/t26-,27+/m1/s1. The molecule has 0 saturated heterocycles. The summed E-state index contributed by atoms with van der Waals surface area (Å²) in [5, 5.41) is 5.45. The minimum Gasteiger partial charge on any atom is -0.459 e. The number of hydrogen-bond donors (Lipinski definition) is 2. The molecule has 7 nitrogen and oxygen atoms in total. The first kappa shape index (κ1) is 28.8. The van der Waals surface area contributed by atoms with Crippen LogP contribution in [0.3, 0.4) is 0 Å². The molecule has 0 bridgehead atoms.